The maximum Gasteiger partial charge on any atom is 0.220 e. The van der Waals surface area contributed by atoms with Crippen molar-refractivity contribution in [1.82, 2.24) is 19.9 Å². The van der Waals surface area contributed by atoms with Crippen LogP contribution in [0.5, 0.6) is 5.75 Å². The molecule has 2 heterocycles. The number of aromatic nitrogens is 3. The zero-order chi connectivity index (χ0) is 23.5. The van der Waals surface area contributed by atoms with Crippen LogP contribution in [0.25, 0.3) is 5.82 Å². The van der Waals surface area contributed by atoms with Crippen LogP contribution in [0.3, 0.4) is 0 Å². The average molecular weight is 435 g/mol. The van der Waals surface area contributed by atoms with Crippen molar-refractivity contribution in [3.63, 3.8) is 0 Å². The number of carbonyl (C=O) groups is 1. The van der Waals surface area contributed by atoms with Crippen LogP contribution >= 0.6 is 0 Å². The van der Waals surface area contributed by atoms with Crippen LogP contribution < -0.4 is 5.32 Å². The van der Waals surface area contributed by atoms with Crippen molar-refractivity contribution in [2.45, 2.75) is 71.8 Å². The summed E-state index contributed by atoms with van der Waals surface area (Å²) in [6.07, 6.45) is 7.94. The van der Waals surface area contributed by atoms with Crippen molar-refractivity contribution < 1.29 is 9.90 Å². The third-order valence-corrected chi connectivity index (χ3v) is 5.52. The van der Waals surface area contributed by atoms with Crippen LogP contribution in [0.4, 0.5) is 0 Å². The van der Waals surface area contributed by atoms with Crippen LogP contribution in [0.1, 0.15) is 70.2 Å². The summed E-state index contributed by atoms with van der Waals surface area (Å²) >= 11 is 0. The van der Waals surface area contributed by atoms with E-state index in [1.54, 1.807) is 18.7 Å². The molecule has 0 spiro atoms. The Kier molecular flexibility index (Phi) is 6.72. The fraction of sp³-hybridized carbons (Fsp3) is 0.423. The number of rotatable bonds is 6. The first kappa shape index (κ1) is 23.5. The van der Waals surface area contributed by atoms with E-state index in [0.717, 1.165) is 28.1 Å². The summed E-state index contributed by atoms with van der Waals surface area (Å²) in [5.41, 5.74) is 3.45. The summed E-state index contributed by atoms with van der Waals surface area (Å²) in [5.74, 6) is 1.10. The largest absolute Gasteiger partial charge is 0.507 e. The number of aryl methyl sites for hydroxylation is 1. The molecule has 0 radical (unpaired) electrons. The summed E-state index contributed by atoms with van der Waals surface area (Å²) < 4.78 is 1.83. The highest BCUT2D eigenvalue weighted by Crippen LogP contribution is 2.39. The number of hydrogen-bond acceptors (Lipinski definition) is 4. The minimum Gasteiger partial charge on any atom is -0.507 e. The second-order valence-corrected chi connectivity index (χ2v) is 10.3. The number of nitrogens with one attached hydrogen (secondary N) is 1. The number of amides is 1. The van der Waals surface area contributed by atoms with Crippen LogP contribution in [-0.4, -0.2) is 25.5 Å². The van der Waals surface area contributed by atoms with E-state index in [1.807, 2.05) is 35.0 Å². The zero-order valence-corrected chi connectivity index (χ0v) is 19.9. The van der Waals surface area contributed by atoms with Gasteiger partial charge in [0.25, 0.3) is 0 Å². The summed E-state index contributed by atoms with van der Waals surface area (Å²) in [5, 5.41) is 13.9. The van der Waals surface area contributed by atoms with E-state index in [2.05, 4.69) is 56.8 Å². The van der Waals surface area contributed by atoms with Gasteiger partial charge in [0, 0.05) is 37.1 Å². The summed E-state index contributed by atoms with van der Waals surface area (Å²) in [7, 11) is 0. The molecule has 0 unspecified atom stereocenters. The van der Waals surface area contributed by atoms with E-state index in [9.17, 15) is 9.90 Å². The van der Waals surface area contributed by atoms with Crippen molar-refractivity contribution in [3.8, 4) is 11.6 Å². The highest BCUT2D eigenvalue weighted by molar-refractivity contribution is 5.76. The zero-order valence-electron chi connectivity index (χ0n) is 19.9. The van der Waals surface area contributed by atoms with E-state index in [4.69, 9.17) is 0 Å². The van der Waals surface area contributed by atoms with Crippen LogP contribution in [0, 0.1) is 0 Å². The molecule has 32 heavy (non-hydrogen) atoms. The predicted molar refractivity (Wildman–Crippen MR) is 127 cm³/mol. The molecule has 1 amide bonds. The lowest BCUT2D eigenvalue weighted by Gasteiger charge is -2.28. The molecule has 170 valence electrons. The quantitative estimate of drug-likeness (QED) is 0.583. The molecule has 3 rings (SSSR count). The van der Waals surface area contributed by atoms with Crippen molar-refractivity contribution in [1.29, 1.82) is 0 Å². The normalized spacial score (nSPS) is 12.1. The van der Waals surface area contributed by atoms with Gasteiger partial charge in [-0.3, -0.25) is 9.36 Å². The van der Waals surface area contributed by atoms with Gasteiger partial charge >= 0.3 is 0 Å². The van der Waals surface area contributed by atoms with Gasteiger partial charge in [0.1, 0.15) is 17.9 Å². The fourth-order valence-electron chi connectivity index (χ4n) is 3.71. The molecule has 0 atom stereocenters. The van der Waals surface area contributed by atoms with E-state index in [0.29, 0.717) is 25.1 Å². The maximum atomic E-state index is 12.6. The molecular weight excluding hydrogens is 400 g/mol. The minimum atomic E-state index is -0.188. The summed E-state index contributed by atoms with van der Waals surface area (Å²) in [6.45, 7) is 13.0. The van der Waals surface area contributed by atoms with Crippen LogP contribution in [-0.2, 0) is 28.6 Å². The molecule has 0 aliphatic rings. The minimum absolute atomic E-state index is 0.0203. The number of pyridine rings is 1. The van der Waals surface area contributed by atoms with Gasteiger partial charge in [-0.2, -0.15) is 0 Å². The summed E-state index contributed by atoms with van der Waals surface area (Å²) in [4.78, 5) is 21.1. The smallest absolute Gasteiger partial charge is 0.220 e. The Balaban J connectivity index is 1.71. The Hall–Kier alpha value is -3.15. The molecule has 0 saturated carbocycles. The van der Waals surface area contributed by atoms with E-state index in [-0.39, 0.29) is 16.7 Å². The first-order valence-corrected chi connectivity index (χ1v) is 11.0. The highest BCUT2D eigenvalue weighted by atomic mass is 16.3. The molecule has 2 N–H and O–H groups in total. The lowest BCUT2D eigenvalue weighted by molar-refractivity contribution is -0.121. The van der Waals surface area contributed by atoms with Gasteiger partial charge in [-0.05, 0) is 40.0 Å². The lowest BCUT2D eigenvalue weighted by Crippen LogP contribution is -2.24. The van der Waals surface area contributed by atoms with Crippen molar-refractivity contribution >= 4 is 5.91 Å². The molecule has 2 aromatic heterocycles. The molecule has 0 saturated heterocycles. The second-order valence-electron chi connectivity index (χ2n) is 10.3. The van der Waals surface area contributed by atoms with E-state index >= 15 is 0 Å². The third-order valence-electron chi connectivity index (χ3n) is 5.52. The number of aromatic hydroxyl groups is 1. The topological polar surface area (TPSA) is 80.0 Å². The molecule has 0 fully saturated rings. The molecule has 0 aliphatic carbocycles. The van der Waals surface area contributed by atoms with E-state index in [1.165, 1.54) is 0 Å². The second kappa shape index (κ2) is 9.15. The predicted octanol–water partition coefficient (Wildman–Crippen LogP) is 4.82. The monoisotopic (exact) mass is 434 g/mol. The molecule has 3 aromatic rings. The Morgan fingerprint density at radius 2 is 1.72 bits per heavy atom. The van der Waals surface area contributed by atoms with Gasteiger partial charge in [-0.15, -0.1) is 0 Å². The van der Waals surface area contributed by atoms with Crippen molar-refractivity contribution in [3.05, 3.63) is 71.4 Å². The van der Waals surface area contributed by atoms with Gasteiger partial charge in [-0.25, -0.2) is 9.97 Å². The molecule has 6 heteroatoms. The Bertz CT molecular complexity index is 1040. The number of imidazole rings is 1. The lowest BCUT2D eigenvalue weighted by atomic mass is 9.78. The Labute approximate surface area is 190 Å². The maximum absolute atomic E-state index is 12.6. The fourth-order valence-corrected chi connectivity index (χ4v) is 3.71. The molecule has 0 aliphatic heterocycles. The van der Waals surface area contributed by atoms with Crippen LogP contribution in [0.15, 0.2) is 49.2 Å². The van der Waals surface area contributed by atoms with Crippen LogP contribution in [0.2, 0.25) is 0 Å². The number of carbonyl (C=O) groups excluding carboxylic acids is 1. The Morgan fingerprint density at radius 1 is 1.06 bits per heavy atom. The number of nitrogens with zero attached hydrogens (tertiary/aromatic N) is 3. The van der Waals surface area contributed by atoms with E-state index < -0.39 is 0 Å². The van der Waals surface area contributed by atoms with Gasteiger partial charge in [0.05, 0.1) is 0 Å². The standard InChI is InChI=1S/C26H34N4O2/c1-25(2,3)20-14-18(15-21(23(20)32)26(4,5)6)9-10-22(31)29-16-19-8-7-11-28-24(19)30-13-12-27-17-30/h7-8,11-15,17,32H,9-10,16H2,1-6H3,(H,29,31). The number of hydrogen-bond donors (Lipinski definition) is 2. The summed E-state index contributed by atoms with van der Waals surface area (Å²) in [6, 6.07) is 7.89. The number of phenolic OH excluding ortho intramolecular Hbond substituents is 1. The van der Waals surface area contributed by atoms with Crippen molar-refractivity contribution in [2.75, 3.05) is 0 Å². The molecule has 1 aromatic carbocycles. The molecule has 0 bridgehead atoms. The molecular formula is C26H34N4O2. The Morgan fingerprint density at radius 3 is 2.28 bits per heavy atom. The van der Waals surface area contributed by atoms with Gasteiger partial charge in [0.2, 0.25) is 5.91 Å². The molecule has 6 nitrogen and oxygen atoms in total. The number of phenols is 1. The van der Waals surface area contributed by atoms with Gasteiger partial charge in [0.15, 0.2) is 0 Å². The average Bonchev–Trinajstić information content (AvgIpc) is 3.24. The van der Waals surface area contributed by atoms with Gasteiger partial charge in [-0.1, -0.05) is 59.7 Å². The number of benzene rings is 1. The first-order valence-electron chi connectivity index (χ1n) is 11.0. The van der Waals surface area contributed by atoms with Gasteiger partial charge < -0.3 is 10.4 Å². The highest BCUT2D eigenvalue weighted by Gasteiger charge is 2.26. The first-order chi connectivity index (χ1) is 15.0. The third kappa shape index (κ3) is 5.55. The SMILES string of the molecule is CC(C)(C)c1cc(CCC(=O)NCc2cccnc2-n2ccnc2)cc(C(C)(C)C)c1O. The van der Waals surface area contributed by atoms with Crippen molar-refractivity contribution in [2.24, 2.45) is 0 Å².